The first-order valence-corrected chi connectivity index (χ1v) is 9.34. The first-order chi connectivity index (χ1) is 12.7. The molecule has 2 aromatic rings. The van der Waals surface area contributed by atoms with E-state index in [1.165, 1.54) is 37.1 Å². The predicted octanol–water partition coefficient (Wildman–Crippen LogP) is 2.54. The van der Waals surface area contributed by atoms with Crippen molar-refractivity contribution < 1.29 is 19.4 Å². The van der Waals surface area contributed by atoms with Crippen LogP contribution in [0, 0.1) is 5.92 Å². The lowest BCUT2D eigenvalue weighted by atomic mass is 9.86. The monoisotopic (exact) mass is 356 g/mol. The van der Waals surface area contributed by atoms with Crippen molar-refractivity contribution in [2.24, 2.45) is 5.92 Å². The van der Waals surface area contributed by atoms with E-state index in [-0.39, 0.29) is 18.5 Å². The van der Waals surface area contributed by atoms with Crippen molar-refractivity contribution in [2.45, 2.75) is 38.3 Å². The molecule has 0 spiro atoms. The summed E-state index contributed by atoms with van der Waals surface area (Å²) in [5.41, 5.74) is 3.19. The van der Waals surface area contributed by atoms with Crippen molar-refractivity contribution in [2.75, 3.05) is 19.6 Å². The number of hydrogen-bond acceptors (Lipinski definition) is 4. The van der Waals surface area contributed by atoms with Crippen molar-refractivity contribution in [3.63, 3.8) is 0 Å². The Morgan fingerprint density at radius 1 is 1.19 bits per heavy atom. The second kappa shape index (κ2) is 7.11. The number of carbonyl (C=O) groups is 2. The molecule has 3 saturated heterocycles. The molecule has 1 N–H and O–H groups in total. The molecule has 138 valence electrons. The fraction of sp³-hybridized carbons (Fsp3) is 0.500. The normalized spacial score (nSPS) is 26.1. The summed E-state index contributed by atoms with van der Waals surface area (Å²) < 4.78 is 8.32. The highest BCUT2D eigenvalue weighted by Crippen LogP contribution is 2.34. The number of rotatable bonds is 2. The van der Waals surface area contributed by atoms with E-state index < -0.39 is 0 Å². The Labute approximate surface area is 152 Å². The SMILES string of the molecule is O=C(O[C@H]1CN2CCC1CC2)c1c2n(c3ccccc13)CCC2.O=CO. The molecule has 2 bridgehead atoms. The Kier molecular flexibility index (Phi) is 4.68. The van der Waals surface area contributed by atoms with Gasteiger partial charge in [0.2, 0.25) is 0 Å². The number of hydrogen-bond donors (Lipinski definition) is 1. The molecule has 6 heteroatoms. The van der Waals surface area contributed by atoms with Gasteiger partial charge >= 0.3 is 5.97 Å². The summed E-state index contributed by atoms with van der Waals surface area (Å²) in [7, 11) is 0. The van der Waals surface area contributed by atoms with Gasteiger partial charge in [-0.1, -0.05) is 18.2 Å². The van der Waals surface area contributed by atoms with Gasteiger partial charge < -0.3 is 14.4 Å². The second-order valence-electron chi connectivity index (χ2n) is 7.28. The van der Waals surface area contributed by atoms with Gasteiger partial charge in [-0.25, -0.2) is 4.79 Å². The van der Waals surface area contributed by atoms with Crippen molar-refractivity contribution in [3.8, 4) is 0 Å². The van der Waals surface area contributed by atoms with Gasteiger partial charge in [-0.15, -0.1) is 0 Å². The smallest absolute Gasteiger partial charge is 0.340 e. The maximum absolute atomic E-state index is 13.0. The van der Waals surface area contributed by atoms with Crippen molar-refractivity contribution in [1.82, 2.24) is 9.47 Å². The molecule has 4 aliphatic rings. The van der Waals surface area contributed by atoms with Gasteiger partial charge in [0.05, 0.1) is 5.56 Å². The minimum absolute atomic E-state index is 0.0840. The number of nitrogens with zero attached hydrogens (tertiary/aromatic N) is 2. The van der Waals surface area contributed by atoms with Gasteiger partial charge in [0.15, 0.2) is 0 Å². The Hall–Kier alpha value is -2.34. The van der Waals surface area contributed by atoms with Crippen LogP contribution in [0.3, 0.4) is 0 Å². The summed E-state index contributed by atoms with van der Waals surface area (Å²) in [5.74, 6) is 0.460. The average molecular weight is 356 g/mol. The predicted molar refractivity (Wildman–Crippen MR) is 97.3 cm³/mol. The molecule has 1 aromatic heterocycles. The van der Waals surface area contributed by atoms with E-state index >= 15 is 0 Å². The van der Waals surface area contributed by atoms with E-state index in [4.69, 9.17) is 14.6 Å². The molecule has 0 unspecified atom stereocenters. The third-order valence-corrected chi connectivity index (χ3v) is 5.93. The van der Waals surface area contributed by atoms with Gasteiger partial charge in [0, 0.05) is 29.7 Å². The van der Waals surface area contributed by atoms with E-state index in [1.807, 2.05) is 6.07 Å². The zero-order chi connectivity index (χ0) is 18.1. The Morgan fingerprint density at radius 3 is 2.62 bits per heavy atom. The largest absolute Gasteiger partial charge is 0.483 e. The van der Waals surface area contributed by atoms with Crippen LogP contribution in [-0.4, -0.2) is 52.8 Å². The van der Waals surface area contributed by atoms with E-state index in [2.05, 4.69) is 27.7 Å². The summed E-state index contributed by atoms with van der Waals surface area (Å²) in [6.07, 6.45) is 4.54. The summed E-state index contributed by atoms with van der Waals surface area (Å²) >= 11 is 0. The topological polar surface area (TPSA) is 71.8 Å². The Bertz CT molecular complexity index is 821. The molecule has 0 saturated carbocycles. The van der Waals surface area contributed by atoms with Crippen LogP contribution in [-0.2, 0) is 22.5 Å². The zero-order valence-corrected chi connectivity index (χ0v) is 14.8. The lowest BCUT2D eigenvalue weighted by Gasteiger charge is -2.43. The number of fused-ring (bicyclic) bond motifs is 6. The zero-order valence-electron chi connectivity index (χ0n) is 14.8. The summed E-state index contributed by atoms with van der Waals surface area (Å²) in [4.78, 5) is 23.8. The number of aryl methyl sites for hydroxylation is 1. The van der Waals surface area contributed by atoms with Gasteiger partial charge in [-0.3, -0.25) is 9.69 Å². The molecule has 5 heterocycles. The molecule has 6 nitrogen and oxygen atoms in total. The number of piperidine rings is 3. The number of esters is 1. The number of benzene rings is 1. The minimum atomic E-state index is -0.250. The van der Waals surface area contributed by atoms with Crippen LogP contribution in [0.2, 0.25) is 0 Å². The minimum Gasteiger partial charge on any atom is -0.483 e. The average Bonchev–Trinajstić information content (AvgIpc) is 3.24. The number of ether oxygens (including phenoxy) is 1. The van der Waals surface area contributed by atoms with Crippen LogP contribution in [0.4, 0.5) is 0 Å². The molecule has 0 radical (unpaired) electrons. The summed E-state index contributed by atoms with van der Waals surface area (Å²) in [6.45, 7) is 4.03. The fourth-order valence-electron chi connectivity index (χ4n) is 4.74. The molecule has 1 aromatic carbocycles. The van der Waals surface area contributed by atoms with Crippen LogP contribution in [0.5, 0.6) is 0 Å². The van der Waals surface area contributed by atoms with E-state index in [9.17, 15) is 4.79 Å². The van der Waals surface area contributed by atoms with Crippen LogP contribution < -0.4 is 0 Å². The third kappa shape index (κ3) is 2.88. The molecule has 3 fully saturated rings. The number of carboxylic acid groups (broad SMARTS) is 1. The van der Waals surface area contributed by atoms with Crippen LogP contribution in [0.1, 0.15) is 35.3 Å². The summed E-state index contributed by atoms with van der Waals surface area (Å²) in [5, 5.41) is 7.95. The quantitative estimate of drug-likeness (QED) is 0.661. The van der Waals surface area contributed by atoms with Crippen LogP contribution in [0.15, 0.2) is 24.3 Å². The molecule has 26 heavy (non-hydrogen) atoms. The van der Waals surface area contributed by atoms with Gasteiger partial charge in [0.1, 0.15) is 6.10 Å². The van der Waals surface area contributed by atoms with E-state index in [1.54, 1.807) is 0 Å². The molecule has 0 aliphatic carbocycles. The van der Waals surface area contributed by atoms with Crippen LogP contribution in [0.25, 0.3) is 10.9 Å². The molecule has 6 rings (SSSR count). The van der Waals surface area contributed by atoms with Gasteiger partial charge in [-0.2, -0.15) is 0 Å². The lowest BCUT2D eigenvalue weighted by Crippen LogP contribution is -2.51. The third-order valence-electron chi connectivity index (χ3n) is 5.93. The first kappa shape index (κ1) is 17.1. The van der Waals surface area contributed by atoms with Crippen molar-refractivity contribution >= 4 is 23.3 Å². The number of aromatic nitrogens is 1. The highest BCUT2D eigenvalue weighted by atomic mass is 16.5. The lowest BCUT2D eigenvalue weighted by molar-refractivity contribution is -0.122. The molecular formula is C20H24N2O4. The highest BCUT2D eigenvalue weighted by Gasteiger charge is 2.37. The standard InChI is InChI=1S/C19H22N2O2.CH2O2/c22-19(23-17-12-20-10-7-13(17)8-11-20)18-14-4-1-2-5-15(14)21-9-3-6-16(18)21;2-1-3/h1-2,4-5,13,17H,3,6-12H2;1H,(H,2,3)/t17-;/m0./s1. The summed E-state index contributed by atoms with van der Waals surface area (Å²) in [6, 6.07) is 8.25. The molecule has 4 aliphatic heterocycles. The Morgan fingerprint density at radius 2 is 1.92 bits per heavy atom. The maximum Gasteiger partial charge on any atom is 0.340 e. The van der Waals surface area contributed by atoms with Crippen LogP contribution >= 0.6 is 0 Å². The molecule has 0 amide bonds. The van der Waals surface area contributed by atoms with E-state index in [0.717, 1.165) is 36.9 Å². The van der Waals surface area contributed by atoms with Crippen molar-refractivity contribution in [3.05, 3.63) is 35.5 Å². The van der Waals surface area contributed by atoms with Gasteiger partial charge in [0.25, 0.3) is 6.47 Å². The van der Waals surface area contributed by atoms with Crippen molar-refractivity contribution in [1.29, 1.82) is 0 Å². The molecule has 1 atom stereocenters. The maximum atomic E-state index is 13.0. The van der Waals surface area contributed by atoms with Gasteiger partial charge in [-0.05, 0) is 50.8 Å². The molecular weight excluding hydrogens is 332 g/mol. The first-order valence-electron chi connectivity index (χ1n) is 9.34. The number of para-hydroxylation sites is 1. The van der Waals surface area contributed by atoms with E-state index in [0.29, 0.717) is 5.92 Å². The highest BCUT2D eigenvalue weighted by molar-refractivity contribution is 6.06. The Balaban J connectivity index is 0.000000527. The number of carbonyl (C=O) groups excluding carboxylic acids is 1. The fourth-order valence-corrected chi connectivity index (χ4v) is 4.74. The second-order valence-corrected chi connectivity index (χ2v) is 7.28.